The van der Waals surface area contributed by atoms with E-state index in [2.05, 4.69) is 15.6 Å². The number of nitrogens with one attached hydrogen (secondary N) is 2. The number of aromatic nitrogens is 1. The summed E-state index contributed by atoms with van der Waals surface area (Å²) in [6.45, 7) is 0.0760. The molecular formula is C20H17N3O4. The lowest BCUT2D eigenvalue weighted by Gasteiger charge is -2.13. The molecule has 0 unspecified atom stereocenters. The Kier molecular flexibility index (Phi) is 5.32. The van der Waals surface area contributed by atoms with Crippen molar-refractivity contribution in [3.05, 3.63) is 78.1 Å². The molecule has 136 valence electrons. The summed E-state index contributed by atoms with van der Waals surface area (Å²) >= 11 is 0. The molecule has 0 radical (unpaired) electrons. The van der Waals surface area contributed by atoms with Gasteiger partial charge in [0.1, 0.15) is 5.75 Å². The van der Waals surface area contributed by atoms with Crippen LogP contribution in [0.2, 0.25) is 0 Å². The maximum Gasteiger partial charge on any atom is 0.404 e. The van der Waals surface area contributed by atoms with E-state index < -0.39 is 6.09 Å². The minimum absolute atomic E-state index is 0.0760. The predicted octanol–water partition coefficient (Wildman–Crippen LogP) is 3.47. The number of aromatic hydroxyl groups is 1. The first-order valence-electron chi connectivity index (χ1n) is 8.13. The molecule has 4 N–H and O–H groups in total. The monoisotopic (exact) mass is 363 g/mol. The van der Waals surface area contributed by atoms with Crippen LogP contribution in [-0.2, 0) is 6.54 Å². The van der Waals surface area contributed by atoms with Crippen LogP contribution in [0.25, 0.3) is 11.1 Å². The van der Waals surface area contributed by atoms with Crippen LogP contribution < -0.4 is 10.6 Å². The van der Waals surface area contributed by atoms with Gasteiger partial charge in [-0.2, -0.15) is 0 Å². The van der Waals surface area contributed by atoms with E-state index in [1.165, 1.54) is 0 Å². The van der Waals surface area contributed by atoms with E-state index in [0.29, 0.717) is 27.9 Å². The summed E-state index contributed by atoms with van der Waals surface area (Å²) in [6, 6.07) is 14.9. The molecule has 0 saturated heterocycles. The van der Waals surface area contributed by atoms with Crippen molar-refractivity contribution in [1.29, 1.82) is 0 Å². The SMILES string of the molecule is O=C(O)NCc1ccc(C(=O)Nc2ccncc2)cc1-c1cccc(O)c1. The molecule has 1 aromatic heterocycles. The minimum Gasteiger partial charge on any atom is -0.508 e. The number of amides is 2. The Balaban J connectivity index is 1.95. The van der Waals surface area contributed by atoms with Crippen LogP contribution in [-0.4, -0.2) is 27.2 Å². The Morgan fingerprint density at radius 1 is 1.00 bits per heavy atom. The third-order valence-electron chi connectivity index (χ3n) is 3.90. The van der Waals surface area contributed by atoms with Gasteiger partial charge in [0.25, 0.3) is 5.91 Å². The fraction of sp³-hybridized carbons (Fsp3) is 0.0500. The molecule has 0 aliphatic heterocycles. The number of carboxylic acid groups (broad SMARTS) is 1. The van der Waals surface area contributed by atoms with Crippen LogP contribution in [0.1, 0.15) is 15.9 Å². The maximum atomic E-state index is 12.6. The van der Waals surface area contributed by atoms with Crippen molar-refractivity contribution < 1.29 is 19.8 Å². The van der Waals surface area contributed by atoms with Gasteiger partial charge in [0.2, 0.25) is 0 Å². The number of rotatable bonds is 5. The summed E-state index contributed by atoms with van der Waals surface area (Å²) in [7, 11) is 0. The number of nitrogens with zero attached hydrogens (tertiary/aromatic N) is 1. The van der Waals surface area contributed by atoms with E-state index in [1.807, 2.05) is 0 Å². The van der Waals surface area contributed by atoms with Gasteiger partial charge in [-0.25, -0.2) is 4.79 Å². The van der Waals surface area contributed by atoms with Crippen molar-refractivity contribution in [3.63, 3.8) is 0 Å². The largest absolute Gasteiger partial charge is 0.508 e. The fourth-order valence-electron chi connectivity index (χ4n) is 2.62. The number of phenolic OH excluding ortho intramolecular Hbond substituents is 1. The van der Waals surface area contributed by atoms with Gasteiger partial charge >= 0.3 is 6.09 Å². The summed E-state index contributed by atoms with van der Waals surface area (Å²) in [6.07, 6.45) is 2.01. The van der Waals surface area contributed by atoms with Crippen molar-refractivity contribution in [2.75, 3.05) is 5.32 Å². The highest BCUT2D eigenvalue weighted by Crippen LogP contribution is 2.28. The summed E-state index contributed by atoms with van der Waals surface area (Å²) < 4.78 is 0. The Hall–Kier alpha value is -3.87. The quantitative estimate of drug-likeness (QED) is 0.555. The average molecular weight is 363 g/mol. The van der Waals surface area contributed by atoms with Gasteiger partial charge in [-0.05, 0) is 53.1 Å². The number of hydrogen-bond acceptors (Lipinski definition) is 4. The van der Waals surface area contributed by atoms with Crippen LogP contribution in [0.3, 0.4) is 0 Å². The Morgan fingerprint density at radius 2 is 1.78 bits per heavy atom. The molecule has 0 aliphatic carbocycles. The Labute approximate surface area is 155 Å². The first kappa shape index (κ1) is 17.9. The second kappa shape index (κ2) is 8.01. The average Bonchev–Trinajstić information content (AvgIpc) is 2.67. The number of hydrogen-bond donors (Lipinski definition) is 4. The van der Waals surface area contributed by atoms with Crippen LogP contribution in [0.5, 0.6) is 5.75 Å². The van der Waals surface area contributed by atoms with Crippen molar-refractivity contribution in [2.24, 2.45) is 0 Å². The summed E-state index contributed by atoms with van der Waals surface area (Å²) in [5.74, 6) is -0.225. The zero-order valence-corrected chi connectivity index (χ0v) is 14.2. The third kappa shape index (κ3) is 4.60. The zero-order valence-electron chi connectivity index (χ0n) is 14.2. The van der Waals surface area contributed by atoms with Gasteiger partial charge in [0, 0.05) is 30.2 Å². The summed E-state index contributed by atoms with van der Waals surface area (Å²) in [5.41, 5.74) is 3.04. The topological polar surface area (TPSA) is 112 Å². The van der Waals surface area contributed by atoms with Crippen LogP contribution >= 0.6 is 0 Å². The predicted molar refractivity (Wildman–Crippen MR) is 101 cm³/mol. The summed E-state index contributed by atoms with van der Waals surface area (Å²) in [5, 5.41) is 23.7. The highest BCUT2D eigenvalue weighted by molar-refractivity contribution is 6.05. The van der Waals surface area contributed by atoms with Crippen molar-refractivity contribution in [2.45, 2.75) is 6.54 Å². The normalized spacial score (nSPS) is 10.2. The van der Waals surface area contributed by atoms with Gasteiger partial charge in [0.15, 0.2) is 0 Å². The number of anilines is 1. The van der Waals surface area contributed by atoms with Crippen LogP contribution in [0.15, 0.2) is 67.0 Å². The molecule has 0 saturated carbocycles. The van der Waals surface area contributed by atoms with E-state index >= 15 is 0 Å². The number of benzene rings is 2. The van der Waals surface area contributed by atoms with E-state index in [1.54, 1.807) is 67.0 Å². The highest BCUT2D eigenvalue weighted by Gasteiger charge is 2.13. The van der Waals surface area contributed by atoms with Gasteiger partial charge in [-0.3, -0.25) is 9.78 Å². The number of carbonyl (C=O) groups is 2. The molecule has 0 aliphatic rings. The smallest absolute Gasteiger partial charge is 0.404 e. The summed E-state index contributed by atoms with van der Waals surface area (Å²) in [4.78, 5) is 27.3. The molecule has 27 heavy (non-hydrogen) atoms. The van der Waals surface area contributed by atoms with Gasteiger partial charge < -0.3 is 20.8 Å². The molecule has 0 atom stereocenters. The first-order valence-corrected chi connectivity index (χ1v) is 8.13. The van der Waals surface area contributed by atoms with Crippen LogP contribution in [0, 0.1) is 0 Å². The number of carbonyl (C=O) groups excluding carboxylic acids is 1. The molecule has 7 heteroatoms. The van der Waals surface area contributed by atoms with E-state index in [9.17, 15) is 14.7 Å². The second-order valence-electron chi connectivity index (χ2n) is 5.77. The number of phenols is 1. The Bertz CT molecular complexity index is 974. The molecule has 0 bridgehead atoms. The van der Waals surface area contributed by atoms with Gasteiger partial charge in [0.05, 0.1) is 0 Å². The molecule has 3 rings (SSSR count). The highest BCUT2D eigenvalue weighted by atomic mass is 16.4. The molecule has 2 amide bonds. The lowest BCUT2D eigenvalue weighted by Crippen LogP contribution is -2.20. The minimum atomic E-state index is -1.14. The number of pyridine rings is 1. The van der Waals surface area contributed by atoms with Gasteiger partial charge in [-0.1, -0.05) is 18.2 Å². The Morgan fingerprint density at radius 3 is 2.48 bits per heavy atom. The van der Waals surface area contributed by atoms with E-state index in [0.717, 1.165) is 0 Å². The van der Waals surface area contributed by atoms with Crippen LogP contribution in [0.4, 0.5) is 10.5 Å². The molecule has 1 heterocycles. The molecule has 0 spiro atoms. The first-order chi connectivity index (χ1) is 13.0. The standard InChI is InChI=1S/C20H17N3O4/c24-17-3-1-2-13(10-17)18-11-14(4-5-15(18)12-22-20(26)27)19(25)23-16-6-8-21-9-7-16/h1-11,22,24H,12H2,(H,26,27)(H,21,23,25). The molecule has 2 aromatic carbocycles. The maximum absolute atomic E-state index is 12.6. The second-order valence-corrected chi connectivity index (χ2v) is 5.77. The fourth-order valence-corrected chi connectivity index (χ4v) is 2.62. The van der Waals surface area contributed by atoms with Gasteiger partial charge in [-0.15, -0.1) is 0 Å². The zero-order chi connectivity index (χ0) is 19.2. The van der Waals surface area contributed by atoms with Crippen molar-refractivity contribution >= 4 is 17.7 Å². The molecule has 7 nitrogen and oxygen atoms in total. The lowest BCUT2D eigenvalue weighted by atomic mass is 9.96. The molecule has 0 fully saturated rings. The third-order valence-corrected chi connectivity index (χ3v) is 3.90. The van der Waals surface area contributed by atoms with Crippen molar-refractivity contribution in [3.8, 4) is 16.9 Å². The molecule has 3 aromatic rings. The lowest BCUT2D eigenvalue weighted by molar-refractivity contribution is 0.102. The van der Waals surface area contributed by atoms with Crippen molar-refractivity contribution in [1.82, 2.24) is 10.3 Å². The van der Waals surface area contributed by atoms with E-state index in [4.69, 9.17) is 5.11 Å². The van der Waals surface area contributed by atoms with E-state index in [-0.39, 0.29) is 18.2 Å². The molecular weight excluding hydrogens is 346 g/mol.